The Bertz CT molecular complexity index is 1100. The molecule has 4 rings (SSSR count). The minimum Gasteiger partial charge on any atom is -1.00 e. The van der Waals surface area contributed by atoms with E-state index < -0.39 is 0 Å². The number of pyridine rings is 1. The Labute approximate surface area is 165 Å². The van der Waals surface area contributed by atoms with Crippen LogP contribution >= 0.6 is 22.9 Å². The predicted molar refractivity (Wildman–Crippen MR) is 101 cm³/mol. The van der Waals surface area contributed by atoms with Gasteiger partial charge in [0, 0.05) is 28.1 Å². The maximum absolute atomic E-state index is 12.6. The summed E-state index contributed by atoms with van der Waals surface area (Å²) in [6, 6.07) is 11.5. The zero-order valence-corrected chi connectivity index (χ0v) is 16.2. The van der Waals surface area contributed by atoms with Crippen molar-refractivity contribution >= 4 is 33.2 Å². The second kappa shape index (κ2) is 7.58. The van der Waals surface area contributed by atoms with Gasteiger partial charge in [-0.3, -0.25) is 4.79 Å². The average molecular weight is 404 g/mol. The van der Waals surface area contributed by atoms with Crippen LogP contribution in [0.2, 0.25) is 5.02 Å². The zero-order valence-electron chi connectivity index (χ0n) is 13.9. The Morgan fingerprint density at radius 3 is 2.54 bits per heavy atom. The summed E-state index contributed by atoms with van der Waals surface area (Å²) >= 11 is 7.43. The molecule has 0 fully saturated rings. The molecule has 0 atom stereocenters. The van der Waals surface area contributed by atoms with E-state index in [2.05, 4.69) is 9.97 Å². The molecule has 0 aliphatic heterocycles. The van der Waals surface area contributed by atoms with E-state index >= 15 is 0 Å². The number of aromatic nitrogens is 3. The summed E-state index contributed by atoms with van der Waals surface area (Å²) in [5, 5.41) is 3.27. The van der Waals surface area contributed by atoms with Gasteiger partial charge in [-0.25, -0.2) is 4.98 Å². The number of hydrogen-bond acceptors (Lipinski definition) is 3. The number of aromatic amines is 1. The number of nitrogens with one attached hydrogen (secondary N) is 1. The third-order valence-electron chi connectivity index (χ3n) is 4.04. The Morgan fingerprint density at radius 2 is 1.85 bits per heavy atom. The topological polar surface area (TPSA) is 49.6 Å². The van der Waals surface area contributed by atoms with Gasteiger partial charge in [0.1, 0.15) is 4.83 Å². The Hall–Kier alpha value is -2.21. The number of fused-ring (bicyclic) bond motifs is 1. The van der Waals surface area contributed by atoms with Crippen LogP contribution in [0.1, 0.15) is 11.4 Å². The highest BCUT2D eigenvalue weighted by Gasteiger charge is 2.14. The van der Waals surface area contributed by atoms with Crippen LogP contribution in [0.25, 0.3) is 21.3 Å². The summed E-state index contributed by atoms with van der Waals surface area (Å²) in [5.41, 5.74) is 2.93. The van der Waals surface area contributed by atoms with Crippen LogP contribution in [0.3, 0.4) is 0 Å². The number of thiophene rings is 1. The third kappa shape index (κ3) is 3.65. The van der Waals surface area contributed by atoms with Crippen molar-refractivity contribution in [3.63, 3.8) is 0 Å². The summed E-state index contributed by atoms with van der Waals surface area (Å²) < 4.78 is 1.99. The van der Waals surface area contributed by atoms with Gasteiger partial charge in [-0.1, -0.05) is 23.7 Å². The molecular formula is C19H15Cl2N3OS. The standard InChI is InChI=1S/C19H14ClN3OS.ClH/c1-12-6-8-23(9-7-12)10-16-21-18(24)17-15(11-25-19(17)22-16)13-2-4-14(20)5-3-13;/h2-9,11H,10H2,1H3;1H. The molecule has 0 aliphatic rings. The summed E-state index contributed by atoms with van der Waals surface area (Å²) in [4.78, 5) is 20.9. The lowest BCUT2D eigenvalue weighted by Crippen LogP contribution is -3.00. The molecule has 0 aliphatic carbocycles. The van der Waals surface area contributed by atoms with Crippen LogP contribution in [0.5, 0.6) is 0 Å². The van der Waals surface area contributed by atoms with Crippen molar-refractivity contribution in [2.45, 2.75) is 13.5 Å². The normalized spacial score (nSPS) is 10.7. The molecule has 0 unspecified atom stereocenters. The molecule has 0 saturated carbocycles. The van der Waals surface area contributed by atoms with Gasteiger partial charge >= 0.3 is 0 Å². The van der Waals surface area contributed by atoms with Crippen molar-refractivity contribution in [2.75, 3.05) is 0 Å². The monoisotopic (exact) mass is 403 g/mol. The molecule has 0 amide bonds. The summed E-state index contributed by atoms with van der Waals surface area (Å²) in [5.74, 6) is 0.649. The Kier molecular flexibility index (Phi) is 5.41. The number of hydrogen-bond donors (Lipinski definition) is 1. The zero-order chi connectivity index (χ0) is 17.4. The van der Waals surface area contributed by atoms with Crippen molar-refractivity contribution in [3.05, 3.63) is 80.9 Å². The molecule has 7 heteroatoms. The van der Waals surface area contributed by atoms with Crippen LogP contribution in [0.4, 0.5) is 0 Å². The molecule has 0 bridgehead atoms. The van der Waals surface area contributed by atoms with E-state index in [1.54, 1.807) is 0 Å². The van der Waals surface area contributed by atoms with Gasteiger partial charge in [-0.15, -0.1) is 11.3 Å². The number of benzene rings is 1. The lowest BCUT2D eigenvalue weighted by atomic mass is 10.1. The fraction of sp³-hybridized carbons (Fsp3) is 0.105. The van der Waals surface area contributed by atoms with Gasteiger partial charge in [0.05, 0.1) is 5.39 Å². The molecule has 0 spiro atoms. The first-order valence-electron chi connectivity index (χ1n) is 7.82. The number of H-pyrrole nitrogens is 1. The van der Waals surface area contributed by atoms with Crippen molar-refractivity contribution in [1.29, 1.82) is 0 Å². The van der Waals surface area contributed by atoms with Crippen LogP contribution < -0.4 is 22.5 Å². The molecule has 26 heavy (non-hydrogen) atoms. The number of aryl methyl sites for hydroxylation is 1. The predicted octanol–water partition coefficient (Wildman–Crippen LogP) is 0.953. The molecule has 3 heterocycles. The van der Waals surface area contributed by atoms with Crippen molar-refractivity contribution in [2.24, 2.45) is 0 Å². The second-order valence-electron chi connectivity index (χ2n) is 5.90. The Morgan fingerprint density at radius 1 is 1.15 bits per heavy atom. The minimum absolute atomic E-state index is 0. The van der Waals surface area contributed by atoms with Crippen molar-refractivity contribution in [3.8, 4) is 11.1 Å². The summed E-state index contributed by atoms with van der Waals surface area (Å²) in [7, 11) is 0. The highest BCUT2D eigenvalue weighted by molar-refractivity contribution is 7.17. The summed E-state index contributed by atoms with van der Waals surface area (Å²) in [6.07, 6.45) is 3.96. The first kappa shape index (κ1) is 18.6. The molecule has 132 valence electrons. The SMILES string of the molecule is Cc1cc[n+](Cc2nc3scc(-c4ccc(Cl)cc4)c3c(=O)[nH]2)cc1.[Cl-]. The largest absolute Gasteiger partial charge is 1.00 e. The Balaban J connectivity index is 0.00000196. The van der Waals surface area contributed by atoms with E-state index in [0.717, 1.165) is 16.0 Å². The first-order chi connectivity index (χ1) is 12.1. The molecule has 4 aromatic rings. The van der Waals surface area contributed by atoms with E-state index in [4.69, 9.17) is 11.6 Å². The molecule has 4 nitrogen and oxygen atoms in total. The van der Waals surface area contributed by atoms with Gasteiger partial charge in [0.15, 0.2) is 18.2 Å². The van der Waals surface area contributed by atoms with Crippen LogP contribution in [0.15, 0.2) is 59.0 Å². The fourth-order valence-corrected chi connectivity index (χ4v) is 3.81. The first-order valence-corrected chi connectivity index (χ1v) is 9.08. The van der Waals surface area contributed by atoms with Crippen LogP contribution in [-0.4, -0.2) is 9.97 Å². The molecule has 0 radical (unpaired) electrons. The van der Waals surface area contributed by atoms with E-state index in [1.807, 2.05) is 65.7 Å². The molecule has 1 N–H and O–H groups in total. The van der Waals surface area contributed by atoms with Gasteiger partial charge in [-0.2, -0.15) is 4.57 Å². The smallest absolute Gasteiger partial charge is 0.260 e. The van der Waals surface area contributed by atoms with Crippen LogP contribution in [0, 0.1) is 6.92 Å². The fourth-order valence-electron chi connectivity index (χ4n) is 2.72. The van der Waals surface area contributed by atoms with Gasteiger partial charge < -0.3 is 17.4 Å². The van der Waals surface area contributed by atoms with E-state index in [9.17, 15) is 4.79 Å². The highest BCUT2D eigenvalue weighted by Crippen LogP contribution is 2.31. The maximum atomic E-state index is 12.6. The van der Waals surface area contributed by atoms with E-state index in [0.29, 0.717) is 22.8 Å². The highest BCUT2D eigenvalue weighted by atomic mass is 35.5. The second-order valence-corrected chi connectivity index (χ2v) is 7.19. The van der Waals surface area contributed by atoms with Crippen molar-refractivity contribution < 1.29 is 17.0 Å². The van der Waals surface area contributed by atoms with Gasteiger partial charge in [0.25, 0.3) is 5.56 Å². The van der Waals surface area contributed by atoms with Gasteiger partial charge in [0.2, 0.25) is 6.54 Å². The summed E-state index contributed by atoms with van der Waals surface area (Å²) in [6.45, 7) is 2.57. The number of halogens is 2. The van der Waals surface area contributed by atoms with Gasteiger partial charge in [-0.05, 0) is 30.2 Å². The maximum Gasteiger partial charge on any atom is 0.260 e. The number of nitrogens with zero attached hydrogens (tertiary/aromatic N) is 2. The molecule has 0 saturated heterocycles. The average Bonchev–Trinajstić information content (AvgIpc) is 3.02. The molecule has 3 aromatic heterocycles. The van der Waals surface area contributed by atoms with Crippen LogP contribution in [-0.2, 0) is 6.54 Å². The van der Waals surface area contributed by atoms with E-state index in [1.165, 1.54) is 16.9 Å². The minimum atomic E-state index is -0.112. The quantitative estimate of drug-likeness (QED) is 0.517. The number of rotatable bonds is 3. The molecule has 1 aromatic carbocycles. The van der Waals surface area contributed by atoms with E-state index in [-0.39, 0.29) is 18.0 Å². The molecular weight excluding hydrogens is 389 g/mol. The van der Waals surface area contributed by atoms with Crippen molar-refractivity contribution in [1.82, 2.24) is 9.97 Å². The third-order valence-corrected chi connectivity index (χ3v) is 5.16. The lowest BCUT2D eigenvalue weighted by molar-refractivity contribution is -0.689. The lowest BCUT2D eigenvalue weighted by Gasteiger charge is -2.01.